The molecule has 0 saturated carbocycles. The second-order valence-electron chi connectivity index (χ2n) is 2.83. The van der Waals surface area contributed by atoms with E-state index in [2.05, 4.69) is 11.6 Å². The predicted octanol–water partition coefficient (Wildman–Crippen LogP) is 1.20. The molecule has 3 nitrogen and oxygen atoms in total. The summed E-state index contributed by atoms with van der Waals surface area (Å²) >= 11 is 0. The molecule has 0 aliphatic carbocycles. The number of rotatable bonds is 4. The Morgan fingerprint density at radius 1 is 1.69 bits per heavy atom. The minimum atomic E-state index is 0.0410. The Labute approximate surface area is 78.3 Å². The molecule has 1 aromatic heterocycles. The average molecular weight is 178 g/mol. The number of pyridine rings is 1. The Balaban J connectivity index is 2.91. The molecular weight excluding hydrogens is 164 g/mol. The molecule has 13 heavy (non-hydrogen) atoms. The van der Waals surface area contributed by atoms with Gasteiger partial charge in [0.05, 0.1) is 18.5 Å². The van der Waals surface area contributed by atoms with Crippen LogP contribution >= 0.6 is 0 Å². The van der Waals surface area contributed by atoms with Crippen LogP contribution in [0.3, 0.4) is 0 Å². The van der Waals surface area contributed by atoms with E-state index >= 15 is 0 Å². The summed E-state index contributed by atoms with van der Waals surface area (Å²) < 4.78 is 0. The van der Waals surface area contributed by atoms with Crippen LogP contribution in [0, 0.1) is 0 Å². The molecule has 0 radical (unpaired) electrons. The maximum atomic E-state index is 9.06. The predicted molar refractivity (Wildman–Crippen MR) is 53.6 cm³/mol. The summed E-state index contributed by atoms with van der Waals surface area (Å²) in [6.07, 6.45) is 5.24. The molecule has 0 unspecified atom stereocenters. The Kier molecular flexibility index (Phi) is 3.46. The molecule has 1 N–H and O–H groups in total. The second kappa shape index (κ2) is 4.62. The number of aromatic nitrogens is 1. The minimum absolute atomic E-state index is 0.0410. The van der Waals surface area contributed by atoms with E-state index in [1.165, 1.54) is 0 Å². The molecule has 0 aliphatic rings. The number of hydrogen-bond donors (Lipinski definition) is 1. The van der Waals surface area contributed by atoms with Crippen molar-refractivity contribution in [1.82, 2.24) is 4.98 Å². The fraction of sp³-hybridized carbons (Fsp3) is 0.300. The van der Waals surface area contributed by atoms with E-state index in [0.717, 1.165) is 17.8 Å². The van der Waals surface area contributed by atoms with Gasteiger partial charge in [0.25, 0.3) is 0 Å². The Morgan fingerprint density at radius 3 is 3.08 bits per heavy atom. The highest BCUT2D eigenvalue weighted by Gasteiger charge is 2.04. The van der Waals surface area contributed by atoms with Crippen LogP contribution in [0.4, 0.5) is 5.69 Å². The Morgan fingerprint density at radius 2 is 2.46 bits per heavy atom. The van der Waals surface area contributed by atoms with Crippen LogP contribution in [0.5, 0.6) is 0 Å². The third-order valence-corrected chi connectivity index (χ3v) is 1.87. The maximum absolute atomic E-state index is 9.06. The van der Waals surface area contributed by atoms with Crippen molar-refractivity contribution in [1.29, 1.82) is 0 Å². The molecule has 0 bridgehead atoms. The molecule has 1 rings (SSSR count). The summed E-state index contributed by atoms with van der Waals surface area (Å²) in [5.41, 5.74) is 1.84. The third-order valence-electron chi connectivity index (χ3n) is 1.87. The van der Waals surface area contributed by atoms with Crippen molar-refractivity contribution in [2.24, 2.45) is 0 Å². The highest BCUT2D eigenvalue weighted by atomic mass is 16.3. The lowest BCUT2D eigenvalue weighted by molar-refractivity contribution is 0.282. The molecular formula is C10H14N2O. The molecule has 70 valence electrons. The molecule has 0 amide bonds. The van der Waals surface area contributed by atoms with Gasteiger partial charge < -0.3 is 10.0 Å². The smallest absolute Gasteiger partial charge is 0.0703 e. The van der Waals surface area contributed by atoms with Crippen molar-refractivity contribution in [2.75, 3.05) is 18.5 Å². The van der Waals surface area contributed by atoms with Crippen molar-refractivity contribution < 1.29 is 5.11 Å². The summed E-state index contributed by atoms with van der Waals surface area (Å²) in [6, 6.07) is 1.81. The zero-order chi connectivity index (χ0) is 9.68. The van der Waals surface area contributed by atoms with Crippen LogP contribution in [0.15, 0.2) is 31.1 Å². The molecule has 0 atom stereocenters. The molecule has 0 fully saturated rings. The van der Waals surface area contributed by atoms with Gasteiger partial charge in [-0.15, -0.1) is 6.58 Å². The molecule has 0 spiro atoms. The summed E-state index contributed by atoms with van der Waals surface area (Å²) in [4.78, 5) is 6.00. The lowest BCUT2D eigenvalue weighted by atomic mass is 10.2. The van der Waals surface area contributed by atoms with Gasteiger partial charge in [0, 0.05) is 25.4 Å². The number of likely N-dealkylation sites (N-methyl/N-ethyl adjacent to an activating group) is 1. The molecule has 1 aromatic rings. The van der Waals surface area contributed by atoms with E-state index in [0.29, 0.717) is 0 Å². The number of anilines is 1. The standard InChI is InChI=1S/C10H14N2O/c1-3-6-12(2)10-7-11-5-4-9(10)8-13/h3-5,7,13H,1,6,8H2,2H3. The van der Waals surface area contributed by atoms with Gasteiger partial charge in [-0.1, -0.05) is 6.08 Å². The van der Waals surface area contributed by atoms with Crippen molar-refractivity contribution in [3.8, 4) is 0 Å². The van der Waals surface area contributed by atoms with E-state index in [9.17, 15) is 0 Å². The van der Waals surface area contributed by atoms with Gasteiger partial charge in [-0.25, -0.2) is 0 Å². The molecule has 3 heteroatoms. The second-order valence-corrected chi connectivity index (χ2v) is 2.83. The number of aliphatic hydroxyl groups is 1. The van der Waals surface area contributed by atoms with Gasteiger partial charge in [-0.3, -0.25) is 4.98 Å². The summed E-state index contributed by atoms with van der Waals surface area (Å²) in [7, 11) is 1.94. The lowest BCUT2D eigenvalue weighted by Crippen LogP contribution is -2.18. The zero-order valence-electron chi connectivity index (χ0n) is 7.77. The fourth-order valence-electron chi connectivity index (χ4n) is 1.18. The maximum Gasteiger partial charge on any atom is 0.0703 e. The van der Waals surface area contributed by atoms with Gasteiger partial charge in [-0.05, 0) is 6.07 Å². The van der Waals surface area contributed by atoms with Crippen LogP contribution in [0.2, 0.25) is 0 Å². The summed E-state index contributed by atoms with van der Waals surface area (Å²) in [5, 5.41) is 9.06. The van der Waals surface area contributed by atoms with Crippen molar-refractivity contribution in [3.05, 3.63) is 36.7 Å². The molecule has 0 saturated heterocycles. The topological polar surface area (TPSA) is 36.4 Å². The van der Waals surface area contributed by atoms with E-state index < -0.39 is 0 Å². The molecule has 0 aromatic carbocycles. The van der Waals surface area contributed by atoms with Crippen LogP contribution in [-0.4, -0.2) is 23.7 Å². The first-order valence-electron chi connectivity index (χ1n) is 4.15. The normalized spacial score (nSPS) is 9.69. The van der Waals surface area contributed by atoms with Gasteiger partial charge in [0.1, 0.15) is 0 Å². The quantitative estimate of drug-likeness (QED) is 0.704. The Bertz CT molecular complexity index is 286. The van der Waals surface area contributed by atoms with Crippen molar-refractivity contribution in [3.63, 3.8) is 0 Å². The highest BCUT2D eigenvalue weighted by Crippen LogP contribution is 2.16. The van der Waals surface area contributed by atoms with Gasteiger partial charge >= 0.3 is 0 Å². The van der Waals surface area contributed by atoms with Crippen molar-refractivity contribution in [2.45, 2.75) is 6.61 Å². The number of aliphatic hydroxyl groups excluding tert-OH is 1. The third kappa shape index (κ3) is 2.29. The zero-order valence-corrected chi connectivity index (χ0v) is 7.77. The van der Waals surface area contributed by atoms with Crippen LogP contribution in [-0.2, 0) is 6.61 Å². The number of hydrogen-bond acceptors (Lipinski definition) is 3. The van der Waals surface area contributed by atoms with Crippen molar-refractivity contribution >= 4 is 5.69 Å². The first kappa shape index (κ1) is 9.74. The van der Waals surface area contributed by atoms with E-state index in [1.54, 1.807) is 12.4 Å². The first-order valence-corrected chi connectivity index (χ1v) is 4.15. The van der Waals surface area contributed by atoms with Gasteiger partial charge in [-0.2, -0.15) is 0 Å². The average Bonchev–Trinajstić information content (AvgIpc) is 2.18. The van der Waals surface area contributed by atoms with E-state index in [-0.39, 0.29) is 6.61 Å². The van der Waals surface area contributed by atoms with Gasteiger partial charge in [0.2, 0.25) is 0 Å². The van der Waals surface area contributed by atoms with E-state index in [4.69, 9.17) is 5.11 Å². The van der Waals surface area contributed by atoms with Crippen LogP contribution in [0.1, 0.15) is 5.56 Å². The highest BCUT2D eigenvalue weighted by molar-refractivity contribution is 5.51. The SMILES string of the molecule is C=CCN(C)c1cnccc1CO. The summed E-state index contributed by atoms with van der Waals surface area (Å²) in [6.45, 7) is 4.45. The molecule has 0 aliphatic heterocycles. The van der Waals surface area contributed by atoms with Crippen LogP contribution in [0.25, 0.3) is 0 Å². The minimum Gasteiger partial charge on any atom is -0.392 e. The largest absolute Gasteiger partial charge is 0.392 e. The first-order chi connectivity index (χ1) is 6.29. The number of nitrogens with zero attached hydrogens (tertiary/aromatic N) is 2. The lowest BCUT2D eigenvalue weighted by Gasteiger charge is -2.19. The Hall–Kier alpha value is -1.35. The monoisotopic (exact) mass is 178 g/mol. The van der Waals surface area contributed by atoms with Crippen LogP contribution < -0.4 is 4.90 Å². The fourth-order valence-corrected chi connectivity index (χ4v) is 1.18. The molecule has 1 heterocycles. The van der Waals surface area contributed by atoms with E-state index in [1.807, 2.05) is 24.1 Å². The van der Waals surface area contributed by atoms with Gasteiger partial charge in [0.15, 0.2) is 0 Å². The summed E-state index contributed by atoms with van der Waals surface area (Å²) in [5.74, 6) is 0.